The molecule has 0 aromatic heterocycles. The van der Waals surface area contributed by atoms with Gasteiger partial charge in [0.2, 0.25) is 0 Å². The normalized spacial score (nSPS) is 15.1. The van der Waals surface area contributed by atoms with Crippen molar-refractivity contribution in [3.63, 3.8) is 0 Å². The zero-order chi connectivity index (χ0) is 12.6. The first kappa shape index (κ1) is 15.4. The quantitative estimate of drug-likeness (QED) is 0.525. The summed E-state index contributed by atoms with van der Waals surface area (Å²) in [4.78, 5) is 11.2. The maximum atomic E-state index is 11.2. The Balaban J connectivity index is 4.07. The lowest BCUT2D eigenvalue weighted by Gasteiger charge is -2.27. The van der Waals surface area contributed by atoms with Crippen molar-refractivity contribution in [2.24, 2.45) is 5.92 Å². The molecule has 1 unspecified atom stereocenters. The fourth-order valence-electron chi connectivity index (χ4n) is 1.48. The molecule has 4 heteroatoms. The van der Waals surface area contributed by atoms with E-state index in [0.29, 0.717) is 12.3 Å². The second-order valence-electron chi connectivity index (χ2n) is 4.95. The smallest absolute Gasteiger partial charge is 0.323 e. The topological polar surface area (TPSA) is 61.4 Å². The largest absolute Gasteiger partial charge is 0.480 e. The fourth-order valence-corrected chi connectivity index (χ4v) is 1.48. The Bertz CT molecular complexity index is 207. The fraction of sp³-hybridized carbons (Fsp3) is 0.917. The lowest BCUT2D eigenvalue weighted by atomic mass is 9.92. The van der Waals surface area contributed by atoms with Crippen LogP contribution in [0.2, 0.25) is 0 Å². The van der Waals surface area contributed by atoms with Gasteiger partial charge in [-0.05, 0) is 52.2 Å². The Morgan fingerprint density at radius 3 is 2.44 bits per heavy atom. The van der Waals surface area contributed by atoms with Crippen LogP contribution in [0.25, 0.3) is 0 Å². The molecule has 0 aliphatic heterocycles. The van der Waals surface area contributed by atoms with E-state index >= 15 is 0 Å². The Labute approximate surface area is 98.8 Å². The summed E-state index contributed by atoms with van der Waals surface area (Å²) in [5.41, 5.74) is -0.780. The third-order valence-electron chi connectivity index (χ3n) is 2.81. The van der Waals surface area contributed by atoms with Crippen LogP contribution < -0.4 is 10.6 Å². The van der Waals surface area contributed by atoms with E-state index in [1.54, 1.807) is 6.92 Å². The molecule has 0 saturated carbocycles. The van der Waals surface area contributed by atoms with E-state index in [4.69, 9.17) is 0 Å². The highest BCUT2D eigenvalue weighted by Gasteiger charge is 2.31. The van der Waals surface area contributed by atoms with Gasteiger partial charge in [0.25, 0.3) is 0 Å². The lowest BCUT2D eigenvalue weighted by molar-refractivity contribution is -0.144. The number of carboxylic acid groups (broad SMARTS) is 1. The third-order valence-corrected chi connectivity index (χ3v) is 2.81. The van der Waals surface area contributed by atoms with Crippen LogP contribution in [-0.4, -0.2) is 36.8 Å². The molecule has 3 N–H and O–H groups in total. The van der Waals surface area contributed by atoms with Crippen molar-refractivity contribution >= 4 is 5.97 Å². The maximum absolute atomic E-state index is 11.2. The van der Waals surface area contributed by atoms with Crippen molar-refractivity contribution in [2.45, 2.75) is 45.6 Å². The molecule has 0 spiro atoms. The van der Waals surface area contributed by atoms with Crippen LogP contribution in [-0.2, 0) is 4.79 Å². The third kappa shape index (κ3) is 6.08. The zero-order valence-electron chi connectivity index (χ0n) is 11.0. The average molecular weight is 230 g/mol. The number of hydrogen-bond donors (Lipinski definition) is 3. The van der Waals surface area contributed by atoms with Crippen molar-refractivity contribution in [1.29, 1.82) is 0 Å². The highest BCUT2D eigenvalue weighted by Crippen LogP contribution is 2.16. The average Bonchev–Trinajstić information content (AvgIpc) is 2.21. The number of hydrogen-bond acceptors (Lipinski definition) is 3. The molecule has 0 radical (unpaired) electrons. The van der Waals surface area contributed by atoms with Gasteiger partial charge in [-0.25, -0.2) is 0 Å². The monoisotopic (exact) mass is 230 g/mol. The number of rotatable bonds is 9. The molecule has 0 amide bonds. The van der Waals surface area contributed by atoms with Gasteiger partial charge >= 0.3 is 5.97 Å². The number of carboxylic acids is 1. The molecule has 0 fully saturated rings. The molecule has 0 bridgehead atoms. The molecule has 0 rings (SSSR count). The van der Waals surface area contributed by atoms with Gasteiger partial charge in [-0.3, -0.25) is 4.79 Å². The first-order chi connectivity index (χ1) is 7.42. The van der Waals surface area contributed by atoms with Gasteiger partial charge in [-0.15, -0.1) is 0 Å². The van der Waals surface area contributed by atoms with Crippen molar-refractivity contribution in [3.8, 4) is 0 Å². The summed E-state index contributed by atoms with van der Waals surface area (Å²) in [5, 5.41) is 15.4. The predicted molar refractivity (Wildman–Crippen MR) is 66.7 cm³/mol. The summed E-state index contributed by atoms with van der Waals surface area (Å²) < 4.78 is 0. The molecule has 0 aromatic rings. The van der Waals surface area contributed by atoms with Crippen molar-refractivity contribution in [1.82, 2.24) is 10.6 Å². The Morgan fingerprint density at radius 2 is 2.00 bits per heavy atom. The minimum Gasteiger partial charge on any atom is -0.480 e. The van der Waals surface area contributed by atoms with E-state index < -0.39 is 11.5 Å². The van der Waals surface area contributed by atoms with E-state index in [9.17, 15) is 9.90 Å². The molecule has 0 heterocycles. The van der Waals surface area contributed by atoms with Crippen LogP contribution in [0, 0.1) is 5.92 Å². The van der Waals surface area contributed by atoms with Gasteiger partial charge in [0.05, 0.1) is 0 Å². The van der Waals surface area contributed by atoms with E-state index in [1.807, 2.05) is 7.05 Å². The number of aliphatic carboxylic acids is 1. The molecule has 0 saturated heterocycles. The van der Waals surface area contributed by atoms with Crippen molar-refractivity contribution in [2.75, 3.05) is 20.1 Å². The molecule has 16 heavy (non-hydrogen) atoms. The summed E-state index contributed by atoms with van der Waals surface area (Å²) in [6, 6.07) is 0. The number of nitrogens with one attached hydrogen (secondary N) is 2. The van der Waals surface area contributed by atoms with Gasteiger partial charge in [0, 0.05) is 0 Å². The van der Waals surface area contributed by atoms with Crippen LogP contribution in [0.1, 0.15) is 40.0 Å². The van der Waals surface area contributed by atoms with Gasteiger partial charge in [-0.1, -0.05) is 13.8 Å². The van der Waals surface area contributed by atoms with Crippen LogP contribution >= 0.6 is 0 Å². The summed E-state index contributed by atoms with van der Waals surface area (Å²) in [5.74, 6) is -0.213. The van der Waals surface area contributed by atoms with E-state index in [0.717, 1.165) is 25.9 Å². The maximum Gasteiger partial charge on any atom is 0.323 e. The first-order valence-corrected chi connectivity index (χ1v) is 6.05. The summed E-state index contributed by atoms with van der Waals surface area (Å²) >= 11 is 0. The highest BCUT2D eigenvalue weighted by molar-refractivity contribution is 5.78. The molecular weight excluding hydrogens is 204 g/mol. The Hall–Kier alpha value is -0.610. The van der Waals surface area contributed by atoms with Gasteiger partial charge in [0.1, 0.15) is 5.54 Å². The van der Waals surface area contributed by atoms with Gasteiger partial charge in [0.15, 0.2) is 0 Å². The molecule has 96 valence electrons. The minimum absolute atomic E-state index is 0.540. The SMILES string of the molecule is CNCCCNC(C)(CCC(C)C)C(=O)O. The highest BCUT2D eigenvalue weighted by atomic mass is 16.4. The second-order valence-corrected chi connectivity index (χ2v) is 4.95. The van der Waals surface area contributed by atoms with Crippen molar-refractivity contribution < 1.29 is 9.90 Å². The van der Waals surface area contributed by atoms with E-state index in [-0.39, 0.29) is 0 Å². The second kappa shape index (κ2) is 7.63. The van der Waals surface area contributed by atoms with Gasteiger partial charge in [-0.2, -0.15) is 0 Å². The van der Waals surface area contributed by atoms with Crippen LogP contribution in [0.5, 0.6) is 0 Å². The standard InChI is InChI=1S/C12H26N2O2/c1-10(2)6-7-12(3,11(15)16)14-9-5-8-13-4/h10,13-14H,5-9H2,1-4H3,(H,15,16). The van der Waals surface area contributed by atoms with Crippen molar-refractivity contribution in [3.05, 3.63) is 0 Å². The van der Waals surface area contributed by atoms with Crippen LogP contribution in [0.3, 0.4) is 0 Å². The molecule has 0 aliphatic rings. The molecule has 0 aromatic carbocycles. The molecular formula is C12H26N2O2. The first-order valence-electron chi connectivity index (χ1n) is 6.05. The molecule has 0 aliphatic carbocycles. The predicted octanol–water partition coefficient (Wildman–Crippen LogP) is 1.46. The summed E-state index contributed by atoms with van der Waals surface area (Å²) in [6.45, 7) is 7.65. The van der Waals surface area contributed by atoms with Crippen LogP contribution in [0.15, 0.2) is 0 Å². The van der Waals surface area contributed by atoms with E-state index in [2.05, 4.69) is 24.5 Å². The zero-order valence-corrected chi connectivity index (χ0v) is 11.0. The van der Waals surface area contributed by atoms with Crippen LogP contribution in [0.4, 0.5) is 0 Å². The van der Waals surface area contributed by atoms with Gasteiger partial charge < -0.3 is 15.7 Å². The van der Waals surface area contributed by atoms with E-state index in [1.165, 1.54) is 0 Å². The summed E-state index contributed by atoms with van der Waals surface area (Å²) in [7, 11) is 1.90. The lowest BCUT2D eigenvalue weighted by Crippen LogP contribution is -2.50. The Morgan fingerprint density at radius 1 is 1.38 bits per heavy atom. The summed E-state index contributed by atoms with van der Waals surface area (Å²) in [6.07, 6.45) is 2.56. The molecule has 4 nitrogen and oxygen atoms in total. The minimum atomic E-state index is -0.780. The molecule has 1 atom stereocenters. The Kier molecular flexibility index (Phi) is 7.34. The number of carbonyl (C=O) groups is 1.